The number of esters is 4. The summed E-state index contributed by atoms with van der Waals surface area (Å²) in [7, 11) is 0. The fourth-order valence-corrected chi connectivity index (χ4v) is 13.6. The number of carbonyl (C=O) groups excluding carboxylic acids is 4. The van der Waals surface area contributed by atoms with Crippen molar-refractivity contribution < 1.29 is 52.3 Å². The van der Waals surface area contributed by atoms with Gasteiger partial charge in [0.15, 0.2) is 24.6 Å². The molecule has 312 valence electrons. The Bertz CT molecular complexity index is 1440. The Morgan fingerprint density at radius 1 is 0.800 bits per heavy atom. The van der Waals surface area contributed by atoms with Crippen LogP contribution in [0.4, 0.5) is 0 Å². The number of ether oxygens (including phenoxy) is 7. The van der Waals surface area contributed by atoms with Gasteiger partial charge in [-0.05, 0) is 98.2 Å². The maximum absolute atomic E-state index is 12.4. The van der Waals surface area contributed by atoms with Crippen LogP contribution in [0.2, 0.25) is 0 Å². The van der Waals surface area contributed by atoms with E-state index in [1.807, 2.05) is 0 Å². The molecule has 55 heavy (non-hydrogen) atoms. The van der Waals surface area contributed by atoms with E-state index in [9.17, 15) is 19.2 Å². The molecule has 0 aromatic rings. The summed E-state index contributed by atoms with van der Waals surface area (Å²) < 4.78 is 42.0. The van der Waals surface area contributed by atoms with E-state index in [0.29, 0.717) is 29.6 Å². The van der Waals surface area contributed by atoms with E-state index in [0.717, 1.165) is 36.5 Å². The highest BCUT2D eigenvalue weighted by molar-refractivity contribution is 6.22. The SMILES string of the molecule is CC[C@H](CC[C@@H](C)[C@H]1CC[C@H]2[C@@H]3C[C@H](Cl)[C@]45O[C@H]4[C@@H](O[C@@H]4O[C@H](COC(C)=O)[C@@H](OC(C)=O)[C@H](OC(C)=O)[C@H]4OC(C)=O)CC[C@]5(C)[C@H]3CC[C@]12C)C(C)C. The van der Waals surface area contributed by atoms with Gasteiger partial charge in [0.2, 0.25) is 0 Å². The first-order chi connectivity index (χ1) is 25.9. The molecule has 0 aromatic carbocycles. The maximum atomic E-state index is 12.4. The lowest BCUT2D eigenvalue weighted by Crippen LogP contribution is -2.65. The Morgan fingerprint density at radius 2 is 1.45 bits per heavy atom. The Labute approximate surface area is 333 Å². The first kappa shape index (κ1) is 42.7. The summed E-state index contributed by atoms with van der Waals surface area (Å²) in [5, 5.41) is -0.194. The van der Waals surface area contributed by atoms with Crippen molar-refractivity contribution in [3.63, 3.8) is 0 Å². The van der Waals surface area contributed by atoms with E-state index >= 15 is 0 Å². The molecule has 0 N–H and O–H groups in total. The summed E-state index contributed by atoms with van der Waals surface area (Å²) in [4.78, 5) is 48.9. The van der Waals surface area contributed by atoms with Gasteiger partial charge in [0, 0.05) is 33.1 Å². The Balaban J connectivity index is 1.20. The van der Waals surface area contributed by atoms with Gasteiger partial charge in [0.25, 0.3) is 0 Å². The van der Waals surface area contributed by atoms with Crippen molar-refractivity contribution in [2.45, 2.75) is 187 Å². The number of halogens is 1. The summed E-state index contributed by atoms with van der Waals surface area (Å²) in [6.07, 6.45) is 4.41. The second kappa shape index (κ2) is 16.4. The lowest BCUT2D eigenvalue weighted by Gasteiger charge is -2.61. The summed E-state index contributed by atoms with van der Waals surface area (Å²) in [5.41, 5.74) is -0.371. The summed E-state index contributed by atoms with van der Waals surface area (Å²) in [5.74, 6) is 2.10. The molecule has 2 saturated heterocycles. The van der Waals surface area contributed by atoms with Crippen LogP contribution in [0.15, 0.2) is 0 Å². The summed E-state index contributed by atoms with van der Waals surface area (Å²) in [6.45, 7) is 19.2. The third kappa shape index (κ3) is 7.83. The molecule has 6 fully saturated rings. The molecule has 0 aromatic heterocycles. The van der Waals surface area contributed by atoms with Crippen LogP contribution in [0, 0.1) is 52.3 Å². The molecule has 2 heterocycles. The molecule has 0 unspecified atom stereocenters. The normalized spacial score (nSPS) is 44.1. The van der Waals surface area contributed by atoms with E-state index in [-0.39, 0.29) is 23.5 Å². The smallest absolute Gasteiger partial charge is 0.303 e. The molecular formula is C43H67ClO11. The van der Waals surface area contributed by atoms with Crippen molar-refractivity contribution in [1.82, 2.24) is 0 Å². The molecule has 4 aliphatic carbocycles. The average molecular weight is 795 g/mol. The Kier molecular flexibility index (Phi) is 12.7. The van der Waals surface area contributed by atoms with Crippen LogP contribution in [0.5, 0.6) is 0 Å². The molecule has 2 aliphatic heterocycles. The third-order valence-electron chi connectivity index (χ3n) is 15.5. The molecule has 4 saturated carbocycles. The summed E-state index contributed by atoms with van der Waals surface area (Å²) in [6, 6.07) is 0. The van der Waals surface area contributed by atoms with Crippen molar-refractivity contribution in [2.75, 3.05) is 6.61 Å². The van der Waals surface area contributed by atoms with Crippen LogP contribution in [-0.2, 0) is 52.3 Å². The van der Waals surface area contributed by atoms with E-state index in [1.54, 1.807) is 0 Å². The fraction of sp³-hybridized carbons (Fsp3) is 0.907. The first-order valence-electron chi connectivity index (χ1n) is 21.2. The molecule has 17 atom stereocenters. The molecule has 0 amide bonds. The first-order valence-corrected chi connectivity index (χ1v) is 21.6. The second-order valence-corrected chi connectivity index (χ2v) is 19.3. The quantitative estimate of drug-likeness (QED) is 0.0601. The monoisotopic (exact) mass is 794 g/mol. The van der Waals surface area contributed by atoms with Crippen LogP contribution in [-0.4, -0.2) is 84.4 Å². The lowest BCUT2D eigenvalue weighted by atomic mass is 9.44. The van der Waals surface area contributed by atoms with Gasteiger partial charge in [-0.25, -0.2) is 0 Å². The van der Waals surface area contributed by atoms with E-state index < -0.39 is 66.3 Å². The minimum Gasteiger partial charge on any atom is -0.463 e. The zero-order valence-corrected chi connectivity index (χ0v) is 35.6. The molecular weight excluding hydrogens is 728 g/mol. The number of rotatable bonds is 13. The van der Waals surface area contributed by atoms with Gasteiger partial charge in [-0.3, -0.25) is 19.2 Å². The average Bonchev–Trinajstić information content (AvgIpc) is 3.77. The molecule has 12 heteroatoms. The minimum absolute atomic E-state index is 0.134. The van der Waals surface area contributed by atoms with Crippen LogP contribution < -0.4 is 0 Å². The van der Waals surface area contributed by atoms with E-state index in [1.165, 1.54) is 72.6 Å². The summed E-state index contributed by atoms with van der Waals surface area (Å²) >= 11 is 7.56. The lowest BCUT2D eigenvalue weighted by molar-refractivity contribution is -0.319. The van der Waals surface area contributed by atoms with Crippen molar-refractivity contribution in [3.8, 4) is 0 Å². The number of epoxide rings is 1. The number of hydrogen-bond donors (Lipinski definition) is 0. The minimum atomic E-state index is -1.29. The van der Waals surface area contributed by atoms with Gasteiger partial charge in [0.05, 0.1) is 11.5 Å². The van der Waals surface area contributed by atoms with Gasteiger partial charge in [-0.2, -0.15) is 0 Å². The number of hydrogen-bond acceptors (Lipinski definition) is 11. The Hall–Kier alpha value is -1.95. The highest BCUT2D eigenvalue weighted by Crippen LogP contribution is 2.74. The molecule has 0 radical (unpaired) electrons. The molecule has 6 rings (SSSR count). The zero-order chi connectivity index (χ0) is 40.2. The number of fused-ring (bicyclic) bond motifs is 4. The highest BCUT2D eigenvalue weighted by atomic mass is 35.5. The van der Waals surface area contributed by atoms with Crippen LogP contribution >= 0.6 is 11.6 Å². The van der Waals surface area contributed by atoms with Crippen LogP contribution in [0.3, 0.4) is 0 Å². The third-order valence-corrected chi connectivity index (χ3v) is 16.0. The maximum Gasteiger partial charge on any atom is 0.303 e. The predicted molar refractivity (Wildman–Crippen MR) is 204 cm³/mol. The van der Waals surface area contributed by atoms with Gasteiger partial charge < -0.3 is 33.2 Å². The number of alkyl halides is 1. The van der Waals surface area contributed by atoms with Crippen molar-refractivity contribution in [2.24, 2.45) is 52.3 Å². The topological polar surface area (TPSA) is 136 Å². The largest absolute Gasteiger partial charge is 0.463 e. The Morgan fingerprint density at radius 3 is 2.07 bits per heavy atom. The fourth-order valence-electron chi connectivity index (χ4n) is 13.0. The van der Waals surface area contributed by atoms with E-state index in [2.05, 4.69) is 41.5 Å². The molecule has 11 nitrogen and oxygen atoms in total. The van der Waals surface area contributed by atoms with Crippen molar-refractivity contribution in [3.05, 3.63) is 0 Å². The van der Waals surface area contributed by atoms with Gasteiger partial charge >= 0.3 is 23.9 Å². The highest BCUT2D eigenvalue weighted by Gasteiger charge is 2.80. The van der Waals surface area contributed by atoms with Gasteiger partial charge in [-0.1, -0.05) is 54.4 Å². The van der Waals surface area contributed by atoms with Crippen LogP contribution in [0.1, 0.15) is 133 Å². The zero-order valence-electron chi connectivity index (χ0n) is 34.8. The van der Waals surface area contributed by atoms with Crippen LogP contribution in [0.25, 0.3) is 0 Å². The van der Waals surface area contributed by atoms with Crippen molar-refractivity contribution in [1.29, 1.82) is 0 Å². The van der Waals surface area contributed by atoms with Gasteiger partial charge in [0.1, 0.15) is 24.4 Å². The predicted octanol–water partition coefficient (Wildman–Crippen LogP) is 7.56. The molecule has 6 aliphatic rings. The molecule has 1 spiro atoms. The van der Waals surface area contributed by atoms with Gasteiger partial charge in [-0.15, -0.1) is 11.6 Å². The standard InChI is InChI=1S/C43H67ClO11/c1-11-28(22(2)3)13-12-23(4)30-14-15-31-29-20-35(44)43-39(55-43)33(17-19-42(43,10)32(29)16-18-41(30,31)9)53-40-38(52-27(8)48)37(51-26(7)47)36(50-25(6)46)34(54-40)21-49-24(5)45/h22-23,28-40H,11-21H2,1-10H3/t23-,28-,29+,30-,31+,32+,33+,34-,35+,36-,37+,38-,39+,40-,41-,42-,43+/m1/s1. The molecule has 0 bridgehead atoms. The van der Waals surface area contributed by atoms with E-state index in [4.69, 9.17) is 44.8 Å². The van der Waals surface area contributed by atoms with Crippen molar-refractivity contribution >= 4 is 35.5 Å². The second-order valence-electron chi connectivity index (χ2n) is 18.8. The number of carbonyl (C=O) groups is 4.